The summed E-state index contributed by atoms with van der Waals surface area (Å²) in [5.41, 5.74) is 2.05. The van der Waals surface area contributed by atoms with Crippen LogP contribution in [0, 0.1) is 5.82 Å². The van der Waals surface area contributed by atoms with Gasteiger partial charge in [-0.25, -0.2) is 14.4 Å². The smallest absolute Gasteiger partial charge is 0.128 e. The lowest BCUT2D eigenvalue weighted by atomic mass is 10.1. The van der Waals surface area contributed by atoms with Gasteiger partial charge in [0.2, 0.25) is 0 Å². The molecule has 2 heterocycles. The molecule has 0 spiro atoms. The van der Waals surface area contributed by atoms with Crippen LogP contribution >= 0.6 is 0 Å². The van der Waals surface area contributed by atoms with E-state index in [1.54, 1.807) is 12.1 Å². The van der Waals surface area contributed by atoms with Gasteiger partial charge in [0.1, 0.15) is 11.6 Å². The fourth-order valence-corrected chi connectivity index (χ4v) is 3.23. The standard InChI is InChI=1S/C20H26FN3O/c1-2-5-20-22-11-17(12-23-20)14-24(15-19-8-4-9-25-19)13-16-6-3-7-18(21)10-16/h3,6-7,10-12,19H,2,4-5,8-9,13-15H2,1H3. The summed E-state index contributed by atoms with van der Waals surface area (Å²) in [6.45, 7) is 5.23. The van der Waals surface area contributed by atoms with Gasteiger partial charge in [-0.05, 0) is 37.0 Å². The van der Waals surface area contributed by atoms with Crippen LogP contribution < -0.4 is 0 Å². The maximum atomic E-state index is 13.5. The topological polar surface area (TPSA) is 38.2 Å². The minimum Gasteiger partial charge on any atom is -0.377 e. The first-order chi connectivity index (χ1) is 12.2. The van der Waals surface area contributed by atoms with Crippen molar-refractivity contribution < 1.29 is 9.13 Å². The van der Waals surface area contributed by atoms with E-state index >= 15 is 0 Å². The van der Waals surface area contributed by atoms with E-state index in [1.807, 2.05) is 18.5 Å². The third-order valence-electron chi connectivity index (χ3n) is 4.42. The van der Waals surface area contributed by atoms with E-state index in [-0.39, 0.29) is 11.9 Å². The predicted octanol–water partition coefficient (Wildman–Crippen LogP) is 3.75. The molecule has 0 saturated carbocycles. The second-order valence-electron chi connectivity index (χ2n) is 6.69. The maximum Gasteiger partial charge on any atom is 0.128 e. The molecular formula is C20H26FN3O. The van der Waals surface area contributed by atoms with Crippen LogP contribution in [0.15, 0.2) is 36.7 Å². The lowest BCUT2D eigenvalue weighted by Gasteiger charge is -2.25. The van der Waals surface area contributed by atoms with Crippen molar-refractivity contribution in [3.63, 3.8) is 0 Å². The monoisotopic (exact) mass is 343 g/mol. The molecule has 0 N–H and O–H groups in total. The van der Waals surface area contributed by atoms with Gasteiger partial charge in [-0.2, -0.15) is 0 Å². The highest BCUT2D eigenvalue weighted by Crippen LogP contribution is 2.17. The lowest BCUT2D eigenvalue weighted by molar-refractivity contribution is 0.0678. The summed E-state index contributed by atoms with van der Waals surface area (Å²) in [5, 5.41) is 0. The number of hydrogen-bond donors (Lipinski definition) is 0. The largest absolute Gasteiger partial charge is 0.377 e. The van der Waals surface area contributed by atoms with Gasteiger partial charge in [0.15, 0.2) is 0 Å². The Morgan fingerprint density at radius 3 is 2.68 bits per heavy atom. The summed E-state index contributed by atoms with van der Waals surface area (Å²) in [4.78, 5) is 11.2. The minimum absolute atomic E-state index is 0.193. The van der Waals surface area contributed by atoms with Crippen LogP contribution in [-0.2, 0) is 24.2 Å². The third-order valence-corrected chi connectivity index (χ3v) is 4.42. The lowest BCUT2D eigenvalue weighted by Crippen LogP contribution is -2.31. The van der Waals surface area contributed by atoms with Crippen molar-refractivity contribution in [3.8, 4) is 0 Å². The molecule has 0 radical (unpaired) electrons. The van der Waals surface area contributed by atoms with Crippen LogP contribution in [0.5, 0.6) is 0 Å². The Balaban J connectivity index is 1.68. The molecule has 1 aliphatic rings. The predicted molar refractivity (Wildman–Crippen MR) is 95.5 cm³/mol. The van der Waals surface area contributed by atoms with E-state index in [0.717, 1.165) is 62.3 Å². The van der Waals surface area contributed by atoms with Crippen molar-refractivity contribution >= 4 is 0 Å². The second kappa shape index (κ2) is 9.02. The molecule has 1 fully saturated rings. The van der Waals surface area contributed by atoms with E-state index in [4.69, 9.17) is 4.74 Å². The van der Waals surface area contributed by atoms with Crippen LogP contribution in [0.2, 0.25) is 0 Å². The van der Waals surface area contributed by atoms with Crippen molar-refractivity contribution in [2.45, 2.75) is 51.8 Å². The molecular weight excluding hydrogens is 317 g/mol. The van der Waals surface area contributed by atoms with E-state index in [1.165, 1.54) is 6.07 Å². The molecule has 3 rings (SSSR count). The Kier molecular flexibility index (Phi) is 6.48. The molecule has 134 valence electrons. The van der Waals surface area contributed by atoms with Crippen molar-refractivity contribution in [2.75, 3.05) is 13.2 Å². The molecule has 1 aromatic heterocycles. The number of aromatic nitrogens is 2. The molecule has 2 aromatic rings. The Morgan fingerprint density at radius 1 is 1.20 bits per heavy atom. The van der Waals surface area contributed by atoms with Gasteiger partial charge >= 0.3 is 0 Å². The Bertz CT molecular complexity index is 656. The quantitative estimate of drug-likeness (QED) is 0.732. The van der Waals surface area contributed by atoms with Crippen molar-refractivity contribution in [1.82, 2.24) is 14.9 Å². The third kappa shape index (κ3) is 5.58. The molecule has 0 bridgehead atoms. The first kappa shape index (κ1) is 18.0. The summed E-state index contributed by atoms with van der Waals surface area (Å²) in [6, 6.07) is 6.81. The molecule has 4 nitrogen and oxygen atoms in total. The number of rotatable bonds is 8. The Morgan fingerprint density at radius 2 is 2.00 bits per heavy atom. The summed E-state index contributed by atoms with van der Waals surface area (Å²) >= 11 is 0. The first-order valence-corrected chi connectivity index (χ1v) is 9.11. The SMILES string of the molecule is CCCc1ncc(CN(Cc2cccc(F)c2)CC2CCCO2)cn1. The zero-order valence-corrected chi connectivity index (χ0v) is 14.8. The van der Waals surface area contributed by atoms with Crippen LogP contribution in [-0.4, -0.2) is 34.1 Å². The minimum atomic E-state index is -0.193. The van der Waals surface area contributed by atoms with Gasteiger partial charge < -0.3 is 4.74 Å². The van der Waals surface area contributed by atoms with Crippen molar-refractivity contribution in [2.24, 2.45) is 0 Å². The van der Waals surface area contributed by atoms with Gasteiger partial charge in [0, 0.05) is 50.6 Å². The van der Waals surface area contributed by atoms with E-state index in [2.05, 4.69) is 21.8 Å². The summed E-state index contributed by atoms with van der Waals surface area (Å²) in [6.07, 6.45) is 8.23. The number of hydrogen-bond acceptors (Lipinski definition) is 4. The first-order valence-electron chi connectivity index (χ1n) is 9.11. The maximum absolute atomic E-state index is 13.5. The number of halogens is 1. The van der Waals surface area contributed by atoms with Gasteiger partial charge in [-0.3, -0.25) is 4.90 Å². The van der Waals surface area contributed by atoms with Crippen LogP contribution in [0.25, 0.3) is 0 Å². The van der Waals surface area contributed by atoms with Gasteiger partial charge in [0.05, 0.1) is 6.10 Å². The van der Waals surface area contributed by atoms with E-state index in [0.29, 0.717) is 6.54 Å². The molecule has 25 heavy (non-hydrogen) atoms. The zero-order chi connectivity index (χ0) is 17.5. The van der Waals surface area contributed by atoms with Crippen LogP contribution in [0.3, 0.4) is 0 Å². The Hall–Kier alpha value is -1.85. The number of aryl methyl sites for hydroxylation is 1. The van der Waals surface area contributed by atoms with Crippen LogP contribution in [0.1, 0.15) is 43.1 Å². The van der Waals surface area contributed by atoms with Gasteiger partial charge in [-0.1, -0.05) is 19.1 Å². The second-order valence-corrected chi connectivity index (χ2v) is 6.69. The number of nitrogens with zero attached hydrogens (tertiary/aromatic N) is 3. The highest BCUT2D eigenvalue weighted by atomic mass is 19.1. The Labute approximate surface area is 149 Å². The van der Waals surface area contributed by atoms with Crippen molar-refractivity contribution in [1.29, 1.82) is 0 Å². The zero-order valence-electron chi connectivity index (χ0n) is 14.8. The molecule has 1 aromatic carbocycles. The fourth-order valence-electron chi connectivity index (χ4n) is 3.23. The van der Waals surface area contributed by atoms with Gasteiger partial charge in [0.25, 0.3) is 0 Å². The highest BCUT2D eigenvalue weighted by molar-refractivity contribution is 5.16. The molecule has 1 unspecified atom stereocenters. The molecule has 1 atom stereocenters. The number of benzene rings is 1. The van der Waals surface area contributed by atoms with E-state index in [9.17, 15) is 4.39 Å². The molecule has 5 heteroatoms. The summed E-state index contributed by atoms with van der Waals surface area (Å²) in [5.74, 6) is 0.698. The van der Waals surface area contributed by atoms with Gasteiger partial charge in [-0.15, -0.1) is 0 Å². The summed E-state index contributed by atoms with van der Waals surface area (Å²) in [7, 11) is 0. The molecule has 0 aliphatic carbocycles. The summed E-state index contributed by atoms with van der Waals surface area (Å²) < 4.78 is 19.3. The fraction of sp³-hybridized carbons (Fsp3) is 0.500. The van der Waals surface area contributed by atoms with Crippen molar-refractivity contribution in [3.05, 3.63) is 59.4 Å². The average molecular weight is 343 g/mol. The molecule has 0 amide bonds. The average Bonchev–Trinajstić information content (AvgIpc) is 3.10. The van der Waals surface area contributed by atoms with Crippen LogP contribution in [0.4, 0.5) is 4.39 Å². The van der Waals surface area contributed by atoms with E-state index < -0.39 is 0 Å². The highest BCUT2D eigenvalue weighted by Gasteiger charge is 2.20. The normalized spacial score (nSPS) is 17.3. The number of ether oxygens (including phenoxy) is 1. The molecule has 1 aliphatic heterocycles. The molecule has 1 saturated heterocycles.